The number of alkyl halides is 1. The summed E-state index contributed by atoms with van der Waals surface area (Å²) in [5.74, 6) is -2.34. The number of amides is 3. The second-order valence-electron chi connectivity index (χ2n) is 6.29. The highest BCUT2D eigenvalue weighted by Gasteiger charge is 2.12. The number of aliphatic carboxylic acids is 1. The van der Waals surface area contributed by atoms with Crippen molar-refractivity contribution in [3.63, 3.8) is 0 Å². The van der Waals surface area contributed by atoms with E-state index in [4.69, 9.17) is 10.8 Å². The molecule has 1 unspecified atom stereocenters. The number of hydroxylamine groups is 2. The molecule has 0 aliphatic rings. The molecule has 0 radical (unpaired) electrons. The van der Waals surface area contributed by atoms with Crippen LogP contribution in [0.15, 0.2) is 0 Å². The number of hydrogen-bond donors (Lipinski definition) is 5. The monoisotopic (exact) mass is 406 g/mol. The van der Waals surface area contributed by atoms with E-state index >= 15 is 0 Å². The summed E-state index contributed by atoms with van der Waals surface area (Å²) < 4.78 is 12.9. The van der Waals surface area contributed by atoms with Crippen LogP contribution in [-0.2, 0) is 19.2 Å². The highest BCUT2D eigenvalue weighted by Crippen LogP contribution is 2.01. The minimum Gasteiger partial charge on any atom is -0.481 e. The van der Waals surface area contributed by atoms with E-state index in [1.165, 1.54) is 0 Å². The van der Waals surface area contributed by atoms with Crippen LogP contribution in [0.4, 0.5) is 4.39 Å². The number of unbranched alkanes of at least 4 members (excludes halogenated alkanes) is 2. The largest absolute Gasteiger partial charge is 0.481 e. The van der Waals surface area contributed by atoms with Crippen LogP contribution in [0.1, 0.15) is 51.4 Å². The van der Waals surface area contributed by atoms with Gasteiger partial charge in [-0.1, -0.05) is 0 Å². The average molecular weight is 406 g/mol. The Morgan fingerprint density at radius 2 is 1.54 bits per heavy atom. The molecule has 0 saturated heterocycles. The molecule has 0 rings (SSSR count). The maximum Gasteiger partial charge on any atom is 0.303 e. The van der Waals surface area contributed by atoms with Crippen LogP contribution in [0.25, 0.3) is 0 Å². The van der Waals surface area contributed by atoms with Gasteiger partial charge in [-0.15, -0.1) is 0 Å². The Bertz CT molecular complexity index is 506. The Labute approximate surface area is 163 Å². The van der Waals surface area contributed by atoms with E-state index in [0.29, 0.717) is 30.9 Å². The summed E-state index contributed by atoms with van der Waals surface area (Å²) in [6, 6.07) is 0. The van der Waals surface area contributed by atoms with Crippen molar-refractivity contribution in [1.82, 2.24) is 15.7 Å². The van der Waals surface area contributed by atoms with E-state index in [0.717, 1.165) is 0 Å². The second-order valence-corrected chi connectivity index (χ2v) is 6.29. The van der Waals surface area contributed by atoms with Crippen LogP contribution < -0.4 is 16.4 Å². The Balaban J connectivity index is 3.62. The zero-order valence-electron chi connectivity index (χ0n) is 16.0. The normalized spacial score (nSPS) is 11.5. The predicted octanol–water partition coefficient (Wildman–Crippen LogP) is -0.0612. The molecule has 0 fully saturated rings. The summed E-state index contributed by atoms with van der Waals surface area (Å²) in [7, 11) is 0. The number of nitrogens with two attached hydrogens (primary N) is 1. The van der Waals surface area contributed by atoms with Gasteiger partial charge in [0.15, 0.2) is 0 Å². The fourth-order valence-corrected chi connectivity index (χ4v) is 2.15. The van der Waals surface area contributed by atoms with Gasteiger partial charge >= 0.3 is 5.97 Å². The Kier molecular flexibility index (Phi) is 14.5. The molecule has 0 aromatic rings. The zero-order chi connectivity index (χ0) is 21.4. The highest BCUT2D eigenvalue weighted by molar-refractivity contribution is 5.83. The van der Waals surface area contributed by atoms with Gasteiger partial charge in [0.25, 0.3) is 0 Å². The van der Waals surface area contributed by atoms with Gasteiger partial charge < -0.3 is 21.5 Å². The van der Waals surface area contributed by atoms with Crippen LogP contribution in [0, 0.1) is 0 Å². The molecule has 0 heterocycles. The van der Waals surface area contributed by atoms with Gasteiger partial charge in [0.2, 0.25) is 17.7 Å². The van der Waals surface area contributed by atoms with Gasteiger partial charge in [0.1, 0.15) is 6.17 Å². The van der Waals surface area contributed by atoms with Crippen LogP contribution in [-0.4, -0.2) is 71.4 Å². The molecule has 3 amide bonds. The van der Waals surface area contributed by atoms with Crippen molar-refractivity contribution in [2.45, 2.75) is 57.5 Å². The molecule has 11 heteroatoms. The molecule has 0 saturated carbocycles. The van der Waals surface area contributed by atoms with Gasteiger partial charge in [-0.05, 0) is 25.7 Å². The lowest BCUT2D eigenvalue weighted by Gasteiger charge is -2.14. The molecule has 1 atom stereocenters. The Morgan fingerprint density at radius 1 is 0.929 bits per heavy atom. The molecule has 0 bridgehead atoms. The number of nitrogens with zero attached hydrogens (tertiary/aromatic N) is 1. The van der Waals surface area contributed by atoms with Crippen molar-refractivity contribution in [3.05, 3.63) is 0 Å². The maximum atomic E-state index is 12.9. The first-order valence-corrected chi connectivity index (χ1v) is 9.34. The fraction of sp³-hybridized carbons (Fsp3) is 0.765. The fourth-order valence-electron chi connectivity index (χ4n) is 2.15. The number of carboxylic acid groups (broad SMARTS) is 1. The SMILES string of the molecule is NCC(F)CCNC(=O)CCC(=O)NCCCCCN(O)C(=O)CCC(=O)O. The second kappa shape index (κ2) is 15.8. The molecule has 28 heavy (non-hydrogen) atoms. The standard InChI is InChI=1S/C17H31FN4O6/c18-13(12-19)8-10-21-15(24)5-4-14(23)20-9-2-1-3-11-22(28)16(25)6-7-17(26)27/h13,28H,1-12,19H2,(H,20,23)(H,21,24)(H,26,27). The van der Waals surface area contributed by atoms with Crippen LogP contribution in [0.5, 0.6) is 0 Å². The van der Waals surface area contributed by atoms with Gasteiger partial charge in [0.05, 0.1) is 6.42 Å². The third kappa shape index (κ3) is 14.9. The lowest BCUT2D eigenvalue weighted by Crippen LogP contribution is -2.30. The van der Waals surface area contributed by atoms with E-state index in [2.05, 4.69) is 10.6 Å². The van der Waals surface area contributed by atoms with Crippen molar-refractivity contribution in [3.8, 4) is 0 Å². The summed E-state index contributed by atoms with van der Waals surface area (Å²) in [6.07, 6.45) is 0.247. The summed E-state index contributed by atoms with van der Waals surface area (Å²) in [5.41, 5.74) is 5.12. The van der Waals surface area contributed by atoms with Gasteiger partial charge in [-0.2, -0.15) is 0 Å². The number of carboxylic acids is 1. The third-order valence-electron chi connectivity index (χ3n) is 3.82. The van der Waals surface area contributed by atoms with Crippen molar-refractivity contribution in [2.75, 3.05) is 26.2 Å². The summed E-state index contributed by atoms with van der Waals surface area (Å²) >= 11 is 0. The number of carbonyl (C=O) groups is 4. The topological polar surface area (TPSA) is 162 Å². The minimum absolute atomic E-state index is 0.0172. The number of halogens is 1. The molecule has 0 aliphatic carbocycles. The molecule has 0 spiro atoms. The van der Waals surface area contributed by atoms with Crippen LogP contribution in [0.2, 0.25) is 0 Å². The smallest absolute Gasteiger partial charge is 0.303 e. The number of rotatable bonds is 16. The lowest BCUT2D eigenvalue weighted by molar-refractivity contribution is -0.166. The molecule has 0 aromatic heterocycles. The Morgan fingerprint density at radius 3 is 2.11 bits per heavy atom. The first kappa shape index (κ1) is 25.7. The third-order valence-corrected chi connectivity index (χ3v) is 3.82. The molecule has 0 aliphatic heterocycles. The molecule has 0 aromatic carbocycles. The van der Waals surface area contributed by atoms with Crippen molar-refractivity contribution in [1.29, 1.82) is 0 Å². The Hall–Kier alpha value is -2.27. The summed E-state index contributed by atoms with van der Waals surface area (Å²) in [4.78, 5) is 44.9. The van der Waals surface area contributed by atoms with Crippen molar-refractivity contribution < 1.29 is 33.9 Å². The zero-order valence-corrected chi connectivity index (χ0v) is 16.0. The maximum absolute atomic E-state index is 12.9. The van der Waals surface area contributed by atoms with Crippen LogP contribution >= 0.6 is 0 Å². The predicted molar refractivity (Wildman–Crippen MR) is 98.0 cm³/mol. The van der Waals surface area contributed by atoms with E-state index in [1.54, 1.807) is 0 Å². The van der Waals surface area contributed by atoms with Crippen molar-refractivity contribution >= 4 is 23.7 Å². The summed E-state index contributed by atoms with van der Waals surface area (Å²) in [5, 5.41) is 23.6. The molecule has 6 N–H and O–H groups in total. The number of carbonyl (C=O) groups excluding carboxylic acids is 3. The van der Waals surface area contributed by atoms with Gasteiger partial charge in [-0.3, -0.25) is 24.4 Å². The molecule has 10 nitrogen and oxygen atoms in total. The van der Waals surface area contributed by atoms with Gasteiger partial charge in [-0.25, -0.2) is 9.45 Å². The van der Waals surface area contributed by atoms with Gasteiger partial charge in [0, 0.05) is 45.4 Å². The quantitative estimate of drug-likeness (QED) is 0.136. The summed E-state index contributed by atoms with van der Waals surface area (Å²) in [6.45, 7) is 0.588. The van der Waals surface area contributed by atoms with E-state index < -0.39 is 18.0 Å². The number of hydrogen-bond acceptors (Lipinski definition) is 6. The molecular formula is C17H31FN4O6. The van der Waals surface area contributed by atoms with E-state index in [9.17, 15) is 28.8 Å². The van der Waals surface area contributed by atoms with E-state index in [-0.39, 0.29) is 63.6 Å². The van der Waals surface area contributed by atoms with Crippen LogP contribution in [0.3, 0.4) is 0 Å². The first-order valence-electron chi connectivity index (χ1n) is 9.34. The minimum atomic E-state index is -1.15. The first-order chi connectivity index (χ1) is 13.3. The lowest BCUT2D eigenvalue weighted by atomic mass is 10.2. The van der Waals surface area contributed by atoms with E-state index in [1.807, 2.05) is 0 Å². The molecular weight excluding hydrogens is 375 g/mol. The number of nitrogens with one attached hydrogen (secondary N) is 2. The molecule has 162 valence electrons. The van der Waals surface area contributed by atoms with Crippen molar-refractivity contribution in [2.24, 2.45) is 5.73 Å². The average Bonchev–Trinajstić information content (AvgIpc) is 2.66. The highest BCUT2D eigenvalue weighted by atomic mass is 19.1.